The smallest absolute Gasteiger partial charge is 0.162 e. The maximum Gasteiger partial charge on any atom is 0.162 e. The van der Waals surface area contributed by atoms with Gasteiger partial charge in [0.1, 0.15) is 0 Å². The Bertz CT molecular complexity index is 348. The van der Waals surface area contributed by atoms with Crippen molar-refractivity contribution < 1.29 is 9.47 Å². The van der Waals surface area contributed by atoms with Gasteiger partial charge in [0.15, 0.2) is 11.5 Å². The lowest BCUT2D eigenvalue weighted by atomic mass is 9.85. The molecule has 0 radical (unpaired) electrons. The van der Waals surface area contributed by atoms with Crippen molar-refractivity contribution in [1.29, 1.82) is 0 Å². The molecule has 0 atom stereocenters. The number of ether oxygens (including phenoxy) is 2. The molecule has 0 aromatic heterocycles. The molecule has 0 heterocycles. The molecule has 88 valence electrons. The second-order valence-corrected chi connectivity index (χ2v) is 4.25. The number of methoxy groups -OCH3 is 2. The average Bonchev–Trinajstić information content (AvgIpc) is 2.26. The van der Waals surface area contributed by atoms with Gasteiger partial charge in [-0.2, -0.15) is 0 Å². The van der Waals surface area contributed by atoms with Gasteiger partial charge in [0.25, 0.3) is 0 Å². The van der Waals surface area contributed by atoms with Crippen LogP contribution in [0.4, 0.5) is 5.69 Å². The molecule has 0 saturated heterocycles. The Labute approximate surface area is 96.8 Å². The number of rotatable bonds is 5. The monoisotopic (exact) mass is 221 g/mol. The summed E-state index contributed by atoms with van der Waals surface area (Å²) in [5.41, 5.74) is 1.10. The molecule has 1 N–H and O–H groups in total. The minimum absolute atomic E-state index is 0.775. The summed E-state index contributed by atoms with van der Waals surface area (Å²) in [6.07, 6.45) is 4.11. The van der Waals surface area contributed by atoms with Crippen LogP contribution >= 0.6 is 0 Å². The van der Waals surface area contributed by atoms with Crippen LogP contribution in [0.1, 0.15) is 19.3 Å². The van der Waals surface area contributed by atoms with E-state index in [0.29, 0.717) is 0 Å². The highest BCUT2D eigenvalue weighted by atomic mass is 16.5. The van der Waals surface area contributed by atoms with E-state index in [-0.39, 0.29) is 0 Å². The Kier molecular flexibility index (Phi) is 3.54. The molecule has 1 saturated carbocycles. The molecule has 1 aromatic rings. The first kappa shape index (κ1) is 11.1. The van der Waals surface area contributed by atoms with E-state index in [1.807, 2.05) is 18.2 Å². The van der Waals surface area contributed by atoms with E-state index in [1.165, 1.54) is 19.3 Å². The maximum absolute atomic E-state index is 5.26. The molecule has 1 fully saturated rings. The Balaban J connectivity index is 1.97. The largest absolute Gasteiger partial charge is 0.493 e. The van der Waals surface area contributed by atoms with Crippen LogP contribution in [-0.2, 0) is 0 Å². The highest BCUT2D eigenvalue weighted by molar-refractivity contribution is 5.54. The van der Waals surface area contributed by atoms with Crippen molar-refractivity contribution in [3.05, 3.63) is 18.2 Å². The lowest BCUT2D eigenvalue weighted by Crippen LogP contribution is -2.20. The molecule has 1 aliphatic carbocycles. The van der Waals surface area contributed by atoms with Gasteiger partial charge in [-0.15, -0.1) is 0 Å². The normalized spacial score (nSPS) is 15.4. The van der Waals surface area contributed by atoms with Gasteiger partial charge in [-0.25, -0.2) is 0 Å². The van der Waals surface area contributed by atoms with Crippen LogP contribution in [0.25, 0.3) is 0 Å². The predicted molar refractivity (Wildman–Crippen MR) is 65.4 cm³/mol. The SMILES string of the molecule is COc1ccc(NCC2CCC2)cc1OC. The van der Waals surface area contributed by atoms with E-state index in [4.69, 9.17) is 9.47 Å². The summed E-state index contributed by atoms with van der Waals surface area (Å²) in [7, 11) is 3.31. The first-order valence-electron chi connectivity index (χ1n) is 5.79. The zero-order valence-corrected chi connectivity index (χ0v) is 9.95. The zero-order chi connectivity index (χ0) is 11.4. The molecule has 0 aliphatic heterocycles. The lowest BCUT2D eigenvalue weighted by Gasteiger charge is -2.26. The van der Waals surface area contributed by atoms with Gasteiger partial charge < -0.3 is 14.8 Å². The lowest BCUT2D eigenvalue weighted by molar-refractivity contribution is 0.333. The fourth-order valence-electron chi connectivity index (χ4n) is 1.91. The second-order valence-electron chi connectivity index (χ2n) is 4.25. The summed E-state index contributed by atoms with van der Waals surface area (Å²) in [6, 6.07) is 5.94. The molecular weight excluding hydrogens is 202 g/mol. The van der Waals surface area contributed by atoms with Gasteiger partial charge in [-0.3, -0.25) is 0 Å². The van der Waals surface area contributed by atoms with Crippen molar-refractivity contribution in [2.24, 2.45) is 5.92 Å². The summed E-state index contributed by atoms with van der Waals surface area (Å²) in [4.78, 5) is 0. The molecule has 0 spiro atoms. The predicted octanol–water partition coefficient (Wildman–Crippen LogP) is 2.92. The summed E-state index contributed by atoms with van der Waals surface area (Å²) in [5.74, 6) is 2.41. The molecule has 2 rings (SSSR count). The van der Waals surface area contributed by atoms with Crippen LogP contribution in [0.5, 0.6) is 11.5 Å². The van der Waals surface area contributed by atoms with Gasteiger partial charge in [0, 0.05) is 18.3 Å². The van der Waals surface area contributed by atoms with Crippen molar-refractivity contribution in [3.63, 3.8) is 0 Å². The third kappa shape index (κ3) is 2.40. The van der Waals surface area contributed by atoms with E-state index in [9.17, 15) is 0 Å². The summed E-state index contributed by atoms with van der Waals surface area (Å²) in [6.45, 7) is 1.06. The summed E-state index contributed by atoms with van der Waals surface area (Å²) in [5, 5.41) is 3.44. The molecule has 3 heteroatoms. The fourth-order valence-corrected chi connectivity index (χ4v) is 1.91. The summed E-state index contributed by atoms with van der Waals surface area (Å²) < 4.78 is 10.5. The minimum Gasteiger partial charge on any atom is -0.493 e. The molecule has 16 heavy (non-hydrogen) atoms. The number of anilines is 1. The van der Waals surface area contributed by atoms with E-state index in [0.717, 1.165) is 29.6 Å². The second kappa shape index (κ2) is 5.10. The van der Waals surface area contributed by atoms with Crippen molar-refractivity contribution in [2.75, 3.05) is 26.1 Å². The van der Waals surface area contributed by atoms with Gasteiger partial charge in [0.05, 0.1) is 14.2 Å². The number of hydrogen-bond acceptors (Lipinski definition) is 3. The molecule has 0 amide bonds. The summed E-state index contributed by atoms with van der Waals surface area (Å²) >= 11 is 0. The molecular formula is C13H19NO2. The fraction of sp³-hybridized carbons (Fsp3) is 0.538. The number of benzene rings is 1. The molecule has 1 aliphatic rings. The van der Waals surface area contributed by atoms with Crippen molar-refractivity contribution >= 4 is 5.69 Å². The molecule has 1 aromatic carbocycles. The minimum atomic E-state index is 0.775. The third-order valence-corrected chi connectivity index (χ3v) is 3.20. The van der Waals surface area contributed by atoms with Gasteiger partial charge in [-0.05, 0) is 30.9 Å². The van der Waals surface area contributed by atoms with Crippen LogP contribution in [0.15, 0.2) is 18.2 Å². The van der Waals surface area contributed by atoms with Crippen LogP contribution < -0.4 is 14.8 Å². The first-order valence-corrected chi connectivity index (χ1v) is 5.79. The Morgan fingerprint density at radius 2 is 1.94 bits per heavy atom. The first-order chi connectivity index (χ1) is 7.83. The van der Waals surface area contributed by atoms with E-state index < -0.39 is 0 Å². The Morgan fingerprint density at radius 1 is 1.19 bits per heavy atom. The van der Waals surface area contributed by atoms with E-state index >= 15 is 0 Å². The van der Waals surface area contributed by atoms with E-state index in [2.05, 4.69) is 5.32 Å². The Morgan fingerprint density at radius 3 is 2.50 bits per heavy atom. The van der Waals surface area contributed by atoms with Crippen molar-refractivity contribution in [1.82, 2.24) is 0 Å². The topological polar surface area (TPSA) is 30.5 Å². The maximum atomic E-state index is 5.26. The van der Waals surface area contributed by atoms with Gasteiger partial charge >= 0.3 is 0 Å². The average molecular weight is 221 g/mol. The molecule has 3 nitrogen and oxygen atoms in total. The third-order valence-electron chi connectivity index (χ3n) is 3.20. The van der Waals surface area contributed by atoms with Crippen LogP contribution in [0.3, 0.4) is 0 Å². The number of nitrogens with one attached hydrogen (secondary N) is 1. The van der Waals surface area contributed by atoms with Gasteiger partial charge in [-0.1, -0.05) is 6.42 Å². The standard InChI is InChI=1S/C13H19NO2/c1-15-12-7-6-11(8-13(12)16-2)14-9-10-4-3-5-10/h6-8,10,14H,3-5,9H2,1-2H3. The quantitative estimate of drug-likeness (QED) is 0.829. The van der Waals surface area contributed by atoms with Crippen LogP contribution in [0.2, 0.25) is 0 Å². The zero-order valence-electron chi connectivity index (χ0n) is 9.95. The molecule has 0 bridgehead atoms. The van der Waals surface area contributed by atoms with Crippen molar-refractivity contribution in [3.8, 4) is 11.5 Å². The van der Waals surface area contributed by atoms with E-state index in [1.54, 1.807) is 14.2 Å². The van der Waals surface area contributed by atoms with Crippen molar-refractivity contribution in [2.45, 2.75) is 19.3 Å². The highest BCUT2D eigenvalue weighted by Crippen LogP contribution is 2.31. The van der Waals surface area contributed by atoms with Gasteiger partial charge in [0.2, 0.25) is 0 Å². The highest BCUT2D eigenvalue weighted by Gasteiger charge is 2.16. The number of hydrogen-bond donors (Lipinski definition) is 1. The molecule has 0 unspecified atom stereocenters. The van der Waals surface area contributed by atoms with Crippen LogP contribution in [0, 0.1) is 5.92 Å². The van der Waals surface area contributed by atoms with Crippen LogP contribution in [-0.4, -0.2) is 20.8 Å². The Hall–Kier alpha value is -1.38.